The molecule has 0 aromatic carbocycles. The van der Waals surface area contributed by atoms with E-state index < -0.39 is 0 Å². The maximum atomic E-state index is 5.91. The number of thiophene rings is 1. The summed E-state index contributed by atoms with van der Waals surface area (Å²) in [6, 6.07) is 2.61. The van der Waals surface area contributed by atoms with Gasteiger partial charge in [0.2, 0.25) is 0 Å². The molecule has 0 amide bonds. The van der Waals surface area contributed by atoms with Gasteiger partial charge in [0.1, 0.15) is 5.82 Å². The van der Waals surface area contributed by atoms with Gasteiger partial charge >= 0.3 is 0 Å². The zero-order chi connectivity index (χ0) is 10.4. The van der Waals surface area contributed by atoms with Crippen LogP contribution in [0.1, 0.15) is 24.7 Å². The Hall–Kier alpha value is -1.36. The summed E-state index contributed by atoms with van der Waals surface area (Å²) in [5.41, 5.74) is 6.93. The van der Waals surface area contributed by atoms with Gasteiger partial charge in [0.05, 0.1) is 10.6 Å². The number of aromatic nitrogens is 3. The summed E-state index contributed by atoms with van der Waals surface area (Å²) in [6.07, 6.45) is 2.46. The van der Waals surface area contributed by atoms with Gasteiger partial charge < -0.3 is 10.3 Å². The summed E-state index contributed by atoms with van der Waals surface area (Å²) >= 11 is 1.55. The first-order valence-electron chi connectivity index (χ1n) is 5.02. The molecule has 0 unspecified atom stereocenters. The van der Waals surface area contributed by atoms with Crippen LogP contribution in [0.25, 0.3) is 11.4 Å². The zero-order valence-electron chi connectivity index (χ0n) is 8.47. The van der Waals surface area contributed by atoms with Gasteiger partial charge in [0.25, 0.3) is 0 Å². The lowest BCUT2D eigenvalue weighted by Crippen LogP contribution is -2.00. The van der Waals surface area contributed by atoms with E-state index in [1.54, 1.807) is 11.3 Å². The summed E-state index contributed by atoms with van der Waals surface area (Å²) in [5.74, 6) is 1.91. The molecule has 0 saturated heterocycles. The average Bonchev–Trinajstić information content (AvgIpc) is 2.85. The minimum Gasteiger partial charge on any atom is -0.390 e. The molecule has 3 rings (SSSR count). The topological polar surface area (TPSA) is 56.7 Å². The van der Waals surface area contributed by atoms with Crippen molar-refractivity contribution in [3.63, 3.8) is 0 Å². The Morgan fingerprint density at radius 2 is 2.27 bits per heavy atom. The summed E-state index contributed by atoms with van der Waals surface area (Å²) < 4.78 is 2.21. The predicted molar refractivity (Wildman–Crippen MR) is 60.8 cm³/mol. The third-order valence-corrected chi connectivity index (χ3v) is 3.46. The maximum absolute atomic E-state index is 5.91. The minimum atomic E-state index is 0.592. The summed E-state index contributed by atoms with van der Waals surface area (Å²) in [5, 5.41) is 11.2. The molecule has 0 spiro atoms. The van der Waals surface area contributed by atoms with Crippen molar-refractivity contribution < 1.29 is 0 Å². The molecule has 0 aliphatic heterocycles. The first-order valence-corrected chi connectivity index (χ1v) is 5.90. The second-order valence-electron chi connectivity index (χ2n) is 3.87. The van der Waals surface area contributed by atoms with E-state index in [2.05, 4.69) is 14.8 Å². The second-order valence-corrected chi connectivity index (χ2v) is 4.82. The Morgan fingerprint density at radius 3 is 2.87 bits per heavy atom. The Kier molecular flexibility index (Phi) is 1.82. The van der Waals surface area contributed by atoms with Crippen LogP contribution in [0, 0.1) is 6.92 Å². The van der Waals surface area contributed by atoms with Gasteiger partial charge in [-0.3, -0.25) is 0 Å². The number of nitrogens with zero attached hydrogens (tertiary/aromatic N) is 3. The molecule has 0 atom stereocenters. The number of rotatable bonds is 2. The molecule has 1 aliphatic rings. The highest BCUT2D eigenvalue weighted by Gasteiger charge is 2.29. The lowest BCUT2D eigenvalue weighted by atomic mass is 10.3. The quantitative estimate of drug-likeness (QED) is 0.844. The SMILES string of the molecule is Cc1nnc(-c2ccsc2N)n1C1CC1. The molecule has 78 valence electrons. The standard InChI is InChI=1S/C10H12N4S/c1-6-12-13-10(14(6)7-2-3-7)8-4-5-15-9(8)11/h4-5,7H,2-3,11H2,1H3. The van der Waals surface area contributed by atoms with Crippen molar-refractivity contribution in [2.24, 2.45) is 0 Å². The summed E-state index contributed by atoms with van der Waals surface area (Å²) in [7, 11) is 0. The fourth-order valence-electron chi connectivity index (χ4n) is 1.83. The van der Waals surface area contributed by atoms with Gasteiger partial charge in [-0.25, -0.2) is 0 Å². The van der Waals surface area contributed by atoms with Crippen molar-refractivity contribution in [3.05, 3.63) is 17.3 Å². The molecular formula is C10H12N4S. The van der Waals surface area contributed by atoms with Crippen LogP contribution in [0.3, 0.4) is 0 Å². The summed E-state index contributed by atoms with van der Waals surface area (Å²) in [6.45, 7) is 2.00. The van der Waals surface area contributed by atoms with Crippen molar-refractivity contribution in [1.82, 2.24) is 14.8 Å². The molecule has 2 aromatic heterocycles. The second kappa shape index (κ2) is 3.06. The van der Waals surface area contributed by atoms with Crippen LogP contribution in [-0.4, -0.2) is 14.8 Å². The molecule has 2 N–H and O–H groups in total. The molecule has 1 aliphatic carbocycles. The van der Waals surface area contributed by atoms with E-state index in [1.807, 2.05) is 18.4 Å². The van der Waals surface area contributed by atoms with Crippen LogP contribution in [0.15, 0.2) is 11.4 Å². The van der Waals surface area contributed by atoms with Gasteiger partial charge in [-0.05, 0) is 31.2 Å². The van der Waals surface area contributed by atoms with Gasteiger partial charge in [-0.15, -0.1) is 21.5 Å². The molecular weight excluding hydrogens is 208 g/mol. The van der Waals surface area contributed by atoms with Crippen molar-refractivity contribution in [3.8, 4) is 11.4 Å². The van der Waals surface area contributed by atoms with E-state index in [9.17, 15) is 0 Å². The van der Waals surface area contributed by atoms with Crippen LogP contribution in [0.4, 0.5) is 5.00 Å². The van der Waals surface area contributed by atoms with Crippen LogP contribution in [0.2, 0.25) is 0 Å². The number of nitrogen functional groups attached to an aromatic ring is 1. The first kappa shape index (κ1) is 8.91. The fraction of sp³-hybridized carbons (Fsp3) is 0.400. The normalized spacial score (nSPS) is 15.8. The minimum absolute atomic E-state index is 0.592. The fourth-order valence-corrected chi connectivity index (χ4v) is 2.47. The largest absolute Gasteiger partial charge is 0.390 e. The van der Waals surface area contributed by atoms with E-state index in [-0.39, 0.29) is 0 Å². The van der Waals surface area contributed by atoms with E-state index in [1.165, 1.54) is 12.8 Å². The van der Waals surface area contributed by atoms with Crippen LogP contribution in [-0.2, 0) is 0 Å². The van der Waals surface area contributed by atoms with Crippen molar-refractivity contribution in [2.75, 3.05) is 5.73 Å². The molecule has 1 saturated carbocycles. The number of anilines is 1. The number of nitrogens with two attached hydrogens (primary N) is 1. The van der Waals surface area contributed by atoms with E-state index in [0.717, 1.165) is 22.2 Å². The molecule has 15 heavy (non-hydrogen) atoms. The Labute approximate surface area is 91.7 Å². The van der Waals surface area contributed by atoms with Gasteiger partial charge in [-0.2, -0.15) is 0 Å². The first-order chi connectivity index (χ1) is 7.27. The van der Waals surface area contributed by atoms with E-state index in [4.69, 9.17) is 5.73 Å². The smallest absolute Gasteiger partial charge is 0.167 e. The lowest BCUT2D eigenvalue weighted by Gasteiger charge is -2.05. The van der Waals surface area contributed by atoms with Gasteiger partial charge in [-0.1, -0.05) is 0 Å². The van der Waals surface area contributed by atoms with E-state index >= 15 is 0 Å². The van der Waals surface area contributed by atoms with E-state index in [0.29, 0.717) is 6.04 Å². The third kappa shape index (κ3) is 1.34. The number of hydrogen-bond donors (Lipinski definition) is 1. The summed E-state index contributed by atoms with van der Waals surface area (Å²) in [4.78, 5) is 0. The Bertz CT molecular complexity index is 495. The molecule has 2 aromatic rings. The number of hydrogen-bond acceptors (Lipinski definition) is 4. The van der Waals surface area contributed by atoms with Crippen molar-refractivity contribution in [1.29, 1.82) is 0 Å². The molecule has 0 bridgehead atoms. The molecule has 5 heteroatoms. The third-order valence-electron chi connectivity index (χ3n) is 2.71. The molecule has 2 heterocycles. The van der Waals surface area contributed by atoms with Crippen LogP contribution >= 0.6 is 11.3 Å². The number of aryl methyl sites for hydroxylation is 1. The van der Waals surface area contributed by atoms with Gasteiger partial charge in [0.15, 0.2) is 5.82 Å². The van der Waals surface area contributed by atoms with Crippen LogP contribution < -0.4 is 5.73 Å². The van der Waals surface area contributed by atoms with Gasteiger partial charge in [0, 0.05) is 6.04 Å². The Balaban J connectivity index is 2.15. The lowest BCUT2D eigenvalue weighted by molar-refractivity contribution is 0.717. The van der Waals surface area contributed by atoms with Crippen molar-refractivity contribution in [2.45, 2.75) is 25.8 Å². The molecule has 0 radical (unpaired) electrons. The highest BCUT2D eigenvalue weighted by molar-refractivity contribution is 7.14. The maximum Gasteiger partial charge on any atom is 0.167 e. The highest BCUT2D eigenvalue weighted by Crippen LogP contribution is 2.40. The molecule has 4 nitrogen and oxygen atoms in total. The van der Waals surface area contributed by atoms with Crippen molar-refractivity contribution >= 4 is 16.3 Å². The highest BCUT2D eigenvalue weighted by atomic mass is 32.1. The monoisotopic (exact) mass is 220 g/mol. The predicted octanol–water partition coefficient (Wildman–Crippen LogP) is 2.23. The zero-order valence-corrected chi connectivity index (χ0v) is 9.29. The molecule has 1 fully saturated rings. The Morgan fingerprint density at radius 1 is 1.47 bits per heavy atom. The average molecular weight is 220 g/mol. The van der Waals surface area contributed by atoms with Crippen LogP contribution in [0.5, 0.6) is 0 Å².